The van der Waals surface area contributed by atoms with Crippen molar-refractivity contribution in [1.82, 2.24) is 57.3 Å². The summed E-state index contributed by atoms with van der Waals surface area (Å²) in [5.74, 6) is 3.17. The summed E-state index contributed by atoms with van der Waals surface area (Å²) in [5.41, 5.74) is 22.4. The van der Waals surface area contributed by atoms with Crippen LogP contribution in [-0.2, 0) is 0 Å². The number of hydrogen-bond donors (Lipinski definition) is 0. The third-order valence-corrected chi connectivity index (χ3v) is 23.1. The topological polar surface area (TPSA) is 107 Å². The van der Waals surface area contributed by atoms with Crippen molar-refractivity contribution in [3.63, 3.8) is 0 Å². The van der Waals surface area contributed by atoms with Crippen molar-refractivity contribution in [3.8, 4) is 91.3 Å². The Morgan fingerprint density at radius 2 is 0.368 bits per heavy atom. The predicted molar refractivity (Wildman–Crippen MR) is 466 cm³/mol. The van der Waals surface area contributed by atoms with Gasteiger partial charge in [-0.3, -0.25) is 13.7 Å². The maximum Gasteiger partial charge on any atom is 0.240 e. The van der Waals surface area contributed by atoms with Gasteiger partial charge in [0.2, 0.25) is 17.8 Å². The highest BCUT2D eigenvalue weighted by Crippen LogP contribution is 2.47. The SMILES string of the molecule is c1ccc(-c2ccc(-c3nc(-n4c5ccccc5c5ccc6c7ccccc7n(-c7ccccc7)c6c54)nc(-n4c5ccccc5c5ccc6c7cc(-c8ccc(-c9nc(-c%10ccccc%10)nc(-n%10c%11ccccc%11c%11ccc%12c%13ccccc%13n(-c%13ccccc%13)c%12c%11%10)n9)cc8)ccc7n(-c7ccccc7)c6c54)n3)cc2)cc1. The minimum Gasteiger partial charge on any atom is -0.307 e. The average molecular weight is 1460 g/mol. The van der Waals surface area contributed by atoms with Crippen LogP contribution in [0.5, 0.6) is 0 Å². The van der Waals surface area contributed by atoms with E-state index in [0.29, 0.717) is 35.3 Å². The number of rotatable bonds is 11. The Balaban J connectivity index is 0.709. The molecule has 0 N–H and O–H groups in total. The zero-order valence-electron chi connectivity index (χ0n) is 61.2. The Morgan fingerprint density at radius 1 is 0.140 bits per heavy atom. The van der Waals surface area contributed by atoms with Crippen molar-refractivity contribution in [2.75, 3.05) is 0 Å². The molecule has 12 heteroatoms. The highest BCUT2D eigenvalue weighted by atomic mass is 15.3. The van der Waals surface area contributed by atoms with Crippen LogP contribution in [0.2, 0.25) is 0 Å². The minimum atomic E-state index is 0.480. The summed E-state index contributed by atoms with van der Waals surface area (Å²) in [6, 6.07) is 134. The van der Waals surface area contributed by atoms with Gasteiger partial charge in [-0.25, -0.2) is 4.98 Å². The van der Waals surface area contributed by atoms with Gasteiger partial charge in [0, 0.05) is 98.4 Å². The summed E-state index contributed by atoms with van der Waals surface area (Å²) < 4.78 is 14.1. The summed E-state index contributed by atoms with van der Waals surface area (Å²) in [7, 11) is 0. The average Bonchev–Trinajstić information content (AvgIpc) is 1.55. The van der Waals surface area contributed by atoms with E-state index >= 15 is 0 Å². The van der Waals surface area contributed by atoms with E-state index < -0.39 is 0 Å². The molecule has 24 rings (SSSR count). The standard InChI is InChI=1S/C102H62N12/c1-6-26-63(27-7-1)64-46-50-68(51-47-64)99-106-101(113-88-44-24-19-39-76(88)81-58-56-79-74-37-17-22-42-86(74)110(92(79)95(81)113)71-32-12-4-13-33-71)108-102(107-99)114-89-45-25-20-40-77(89)82-59-60-83-84-62-69(54-61-90(84)111(93(83)96(82)114)72-34-14-5-15-35-72)65-48-52-67(53-49-65)98-103-97(66-28-8-2-9-29-66)104-100(105-98)112-87-43-23-18-38-75(87)80-57-55-78-73-36-16-21-41-85(73)109(91(78)94(80)112)70-30-10-3-11-31-70/h1-62H. The van der Waals surface area contributed by atoms with Gasteiger partial charge < -0.3 is 13.7 Å². The zero-order chi connectivity index (χ0) is 74.6. The molecule has 0 spiro atoms. The molecule has 24 aromatic rings. The first-order valence-corrected chi connectivity index (χ1v) is 38.5. The summed E-state index contributed by atoms with van der Waals surface area (Å²) in [6.07, 6.45) is 0. The molecule has 0 saturated carbocycles. The number of fused-ring (bicyclic) bond motifs is 21. The van der Waals surface area contributed by atoms with Gasteiger partial charge in [0.15, 0.2) is 17.5 Å². The van der Waals surface area contributed by atoms with E-state index in [1.54, 1.807) is 0 Å². The molecule has 0 aliphatic carbocycles. The first-order chi connectivity index (χ1) is 56.6. The van der Waals surface area contributed by atoms with Gasteiger partial charge in [0.1, 0.15) is 0 Å². The van der Waals surface area contributed by atoms with Gasteiger partial charge >= 0.3 is 0 Å². The van der Waals surface area contributed by atoms with Crippen LogP contribution in [0.1, 0.15) is 0 Å². The molecule has 0 atom stereocenters. The third kappa shape index (κ3) is 9.52. The molecule has 16 aromatic carbocycles. The Morgan fingerprint density at radius 3 is 0.728 bits per heavy atom. The molecule has 0 fully saturated rings. The van der Waals surface area contributed by atoms with E-state index in [0.717, 1.165) is 181 Å². The van der Waals surface area contributed by atoms with E-state index in [-0.39, 0.29) is 0 Å². The number of benzene rings is 16. The minimum absolute atomic E-state index is 0.480. The fraction of sp³-hybridized carbons (Fsp3) is 0. The molecule has 8 heterocycles. The molecule has 12 nitrogen and oxygen atoms in total. The maximum absolute atomic E-state index is 5.88. The molecule has 8 aromatic heterocycles. The van der Waals surface area contributed by atoms with Gasteiger partial charge in [0.05, 0.1) is 66.2 Å². The molecular formula is C102H62N12. The normalized spacial score (nSPS) is 12.0. The lowest BCUT2D eigenvalue weighted by Crippen LogP contribution is -2.11. The second-order valence-electron chi connectivity index (χ2n) is 29.3. The molecule has 0 unspecified atom stereocenters. The van der Waals surface area contributed by atoms with Crippen LogP contribution < -0.4 is 0 Å². The summed E-state index contributed by atoms with van der Waals surface area (Å²) in [4.78, 5) is 33.6. The lowest BCUT2D eigenvalue weighted by molar-refractivity contribution is 0.893. The number of para-hydroxylation sites is 8. The smallest absolute Gasteiger partial charge is 0.240 e. The van der Waals surface area contributed by atoms with Crippen molar-refractivity contribution >= 4 is 131 Å². The Hall–Kier alpha value is -15.7. The summed E-state index contributed by atoms with van der Waals surface area (Å²) >= 11 is 0. The van der Waals surface area contributed by atoms with Crippen LogP contribution in [0.3, 0.4) is 0 Å². The fourth-order valence-electron chi connectivity index (χ4n) is 18.1. The molecule has 0 bridgehead atoms. The molecule has 0 saturated heterocycles. The first kappa shape index (κ1) is 63.3. The molecule has 0 radical (unpaired) electrons. The van der Waals surface area contributed by atoms with Crippen molar-refractivity contribution in [2.45, 2.75) is 0 Å². The Bertz CT molecular complexity index is 8060. The van der Waals surface area contributed by atoms with Gasteiger partial charge in [-0.1, -0.05) is 297 Å². The second kappa shape index (κ2) is 24.9. The first-order valence-electron chi connectivity index (χ1n) is 38.5. The van der Waals surface area contributed by atoms with Crippen molar-refractivity contribution in [3.05, 3.63) is 376 Å². The maximum atomic E-state index is 5.88. The van der Waals surface area contributed by atoms with E-state index in [1.165, 1.54) is 5.39 Å². The van der Waals surface area contributed by atoms with Gasteiger partial charge in [-0.05, 0) is 101 Å². The lowest BCUT2D eigenvalue weighted by Gasteiger charge is -2.15. The van der Waals surface area contributed by atoms with E-state index in [9.17, 15) is 0 Å². The van der Waals surface area contributed by atoms with Crippen LogP contribution >= 0.6 is 0 Å². The summed E-state index contributed by atoms with van der Waals surface area (Å²) in [5, 5.41) is 13.3. The van der Waals surface area contributed by atoms with E-state index in [4.69, 9.17) is 29.9 Å². The molecule has 530 valence electrons. The van der Waals surface area contributed by atoms with Crippen molar-refractivity contribution < 1.29 is 0 Å². The largest absolute Gasteiger partial charge is 0.307 e. The second-order valence-corrected chi connectivity index (χ2v) is 29.3. The van der Waals surface area contributed by atoms with Crippen LogP contribution in [-0.4, -0.2) is 57.3 Å². The van der Waals surface area contributed by atoms with Crippen LogP contribution in [0.4, 0.5) is 0 Å². The lowest BCUT2D eigenvalue weighted by atomic mass is 10.0. The van der Waals surface area contributed by atoms with Crippen LogP contribution in [0.25, 0.3) is 222 Å². The van der Waals surface area contributed by atoms with Crippen LogP contribution in [0.15, 0.2) is 376 Å². The molecule has 0 aliphatic heterocycles. The van der Waals surface area contributed by atoms with Gasteiger partial charge in [0.25, 0.3) is 0 Å². The monoisotopic (exact) mass is 1450 g/mol. The number of nitrogens with zero attached hydrogens (tertiary/aromatic N) is 12. The third-order valence-electron chi connectivity index (χ3n) is 23.1. The Kier molecular flexibility index (Phi) is 13.8. The molecule has 0 aliphatic rings. The summed E-state index contributed by atoms with van der Waals surface area (Å²) in [6.45, 7) is 0. The molecule has 0 amide bonds. The highest BCUT2D eigenvalue weighted by molar-refractivity contribution is 6.27. The molecular weight excluding hydrogens is 1390 g/mol. The Labute approximate surface area is 651 Å². The molecule has 114 heavy (non-hydrogen) atoms. The van der Waals surface area contributed by atoms with Gasteiger partial charge in [-0.15, -0.1) is 0 Å². The number of aromatic nitrogens is 12. The van der Waals surface area contributed by atoms with Crippen molar-refractivity contribution in [2.24, 2.45) is 0 Å². The number of hydrogen-bond acceptors (Lipinski definition) is 6. The van der Waals surface area contributed by atoms with E-state index in [2.05, 4.69) is 385 Å². The van der Waals surface area contributed by atoms with Crippen LogP contribution in [0, 0.1) is 0 Å². The highest BCUT2D eigenvalue weighted by Gasteiger charge is 2.29. The fourth-order valence-corrected chi connectivity index (χ4v) is 18.1. The van der Waals surface area contributed by atoms with Crippen molar-refractivity contribution in [1.29, 1.82) is 0 Å². The van der Waals surface area contributed by atoms with E-state index in [1.807, 2.05) is 18.2 Å². The van der Waals surface area contributed by atoms with Gasteiger partial charge in [-0.2, -0.15) is 24.9 Å². The predicted octanol–water partition coefficient (Wildman–Crippen LogP) is 25.0. The zero-order valence-corrected chi connectivity index (χ0v) is 61.2. The quantitative estimate of drug-likeness (QED) is 0.128.